The molecule has 0 aliphatic carbocycles. The van der Waals surface area contributed by atoms with Gasteiger partial charge in [-0.2, -0.15) is 0 Å². The van der Waals surface area contributed by atoms with E-state index in [4.69, 9.17) is 4.74 Å². The maximum absolute atomic E-state index is 13.3. The minimum atomic E-state index is -0.159. The number of nitrogens with one attached hydrogen (secondary N) is 1. The predicted octanol–water partition coefficient (Wildman–Crippen LogP) is 3.33. The van der Waals surface area contributed by atoms with Crippen LogP contribution in [0.25, 0.3) is 0 Å². The Morgan fingerprint density at radius 2 is 2.11 bits per heavy atom. The van der Waals surface area contributed by atoms with Gasteiger partial charge < -0.3 is 10.1 Å². The Hall–Kier alpha value is -0.930. The molecule has 2 nitrogen and oxygen atoms in total. The highest BCUT2D eigenvalue weighted by molar-refractivity contribution is 5.21. The number of halogens is 1. The van der Waals surface area contributed by atoms with E-state index in [-0.39, 0.29) is 5.82 Å². The first-order valence-electron chi connectivity index (χ1n) is 6.61. The molecule has 0 saturated heterocycles. The van der Waals surface area contributed by atoms with Crippen LogP contribution in [-0.2, 0) is 4.74 Å². The lowest BCUT2D eigenvalue weighted by atomic mass is 9.94. The van der Waals surface area contributed by atoms with Crippen molar-refractivity contribution in [3.63, 3.8) is 0 Å². The summed E-state index contributed by atoms with van der Waals surface area (Å²) in [7, 11) is 1.71. The minimum absolute atomic E-state index is 0.159. The first kappa shape index (κ1) is 15.1. The van der Waals surface area contributed by atoms with Crippen LogP contribution in [-0.4, -0.2) is 26.3 Å². The number of ether oxygens (including phenoxy) is 1. The highest BCUT2D eigenvalue weighted by Crippen LogP contribution is 2.21. The van der Waals surface area contributed by atoms with Crippen molar-refractivity contribution >= 4 is 0 Å². The molecule has 1 aromatic rings. The molecule has 102 valence electrons. The van der Waals surface area contributed by atoms with Gasteiger partial charge in [0.25, 0.3) is 0 Å². The van der Waals surface area contributed by atoms with Crippen LogP contribution in [0, 0.1) is 5.82 Å². The Balaban J connectivity index is 2.63. The van der Waals surface area contributed by atoms with Crippen molar-refractivity contribution in [1.82, 2.24) is 5.32 Å². The first-order valence-corrected chi connectivity index (χ1v) is 6.61. The van der Waals surface area contributed by atoms with E-state index in [1.807, 2.05) is 6.07 Å². The van der Waals surface area contributed by atoms with E-state index in [1.54, 1.807) is 19.2 Å². The van der Waals surface area contributed by atoms with Crippen molar-refractivity contribution in [2.24, 2.45) is 0 Å². The van der Waals surface area contributed by atoms with Crippen LogP contribution in [0.1, 0.15) is 38.2 Å². The molecule has 0 amide bonds. The fourth-order valence-corrected chi connectivity index (χ4v) is 2.00. The average Bonchev–Trinajstić information content (AvgIpc) is 2.33. The topological polar surface area (TPSA) is 21.3 Å². The Morgan fingerprint density at radius 1 is 1.33 bits per heavy atom. The second kappa shape index (κ2) is 8.22. The Kier molecular flexibility index (Phi) is 6.91. The molecule has 0 aliphatic rings. The number of hydrogen-bond acceptors (Lipinski definition) is 2. The zero-order chi connectivity index (χ0) is 13.4. The van der Waals surface area contributed by atoms with Gasteiger partial charge in [0.2, 0.25) is 0 Å². The van der Waals surface area contributed by atoms with E-state index in [0.29, 0.717) is 12.0 Å². The smallest absolute Gasteiger partial charge is 0.123 e. The molecule has 1 N–H and O–H groups in total. The molecule has 1 aromatic carbocycles. The molecule has 0 aliphatic heterocycles. The van der Waals surface area contributed by atoms with Gasteiger partial charge in [-0.1, -0.05) is 26.0 Å². The number of hydrogen-bond donors (Lipinski definition) is 1. The second-order valence-electron chi connectivity index (χ2n) is 4.95. The van der Waals surface area contributed by atoms with Crippen molar-refractivity contribution in [2.45, 2.75) is 38.6 Å². The van der Waals surface area contributed by atoms with Crippen LogP contribution in [0.5, 0.6) is 0 Å². The van der Waals surface area contributed by atoms with Gasteiger partial charge in [-0.3, -0.25) is 0 Å². The average molecular weight is 253 g/mol. The van der Waals surface area contributed by atoms with Gasteiger partial charge >= 0.3 is 0 Å². The molecule has 3 heteroatoms. The van der Waals surface area contributed by atoms with E-state index in [0.717, 1.165) is 31.6 Å². The van der Waals surface area contributed by atoms with Gasteiger partial charge in [-0.25, -0.2) is 4.39 Å². The molecular weight excluding hydrogens is 229 g/mol. The van der Waals surface area contributed by atoms with Gasteiger partial charge in [0, 0.05) is 26.3 Å². The molecule has 0 heterocycles. The third-order valence-corrected chi connectivity index (χ3v) is 2.99. The normalized spacial score (nSPS) is 12.9. The highest BCUT2D eigenvalue weighted by atomic mass is 19.1. The molecule has 18 heavy (non-hydrogen) atoms. The maximum atomic E-state index is 13.3. The summed E-state index contributed by atoms with van der Waals surface area (Å²) in [5, 5.41) is 3.43. The molecule has 1 rings (SSSR count). The standard InChI is InChI=1S/C15H24FNO/c1-12(2)17-11-14(7-5-9-18-3)13-6-4-8-15(16)10-13/h4,6,8,10,12,14,17H,5,7,9,11H2,1-3H3. The van der Waals surface area contributed by atoms with Crippen molar-refractivity contribution in [3.05, 3.63) is 35.6 Å². The minimum Gasteiger partial charge on any atom is -0.385 e. The maximum Gasteiger partial charge on any atom is 0.123 e. The summed E-state index contributed by atoms with van der Waals surface area (Å²) in [4.78, 5) is 0. The van der Waals surface area contributed by atoms with Crippen molar-refractivity contribution < 1.29 is 9.13 Å². The lowest BCUT2D eigenvalue weighted by Gasteiger charge is -2.19. The largest absolute Gasteiger partial charge is 0.385 e. The third kappa shape index (κ3) is 5.61. The molecule has 0 bridgehead atoms. The van der Waals surface area contributed by atoms with Gasteiger partial charge in [0.05, 0.1) is 0 Å². The molecule has 0 aromatic heterocycles. The van der Waals surface area contributed by atoms with Gasteiger partial charge in [0.15, 0.2) is 0 Å². The summed E-state index contributed by atoms with van der Waals surface area (Å²) in [6.45, 7) is 5.88. The van der Waals surface area contributed by atoms with Crippen LogP contribution in [0.15, 0.2) is 24.3 Å². The predicted molar refractivity (Wildman–Crippen MR) is 73.4 cm³/mol. The van der Waals surface area contributed by atoms with E-state index in [1.165, 1.54) is 6.07 Å². The van der Waals surface area contributed by atoms with Crippen LogP contribution < -0.4 is 5.32 Å². The highest BCUT2D eigenvalue weighted by Gasteiger charge is 2.12. The van der Waals surface area contributed by atoms with Crippen LogP contribution >= 0.6 is 0 Å². The first-order chi connectivity index (χ1) is 8.63. The molecule has 0 spiro atoms. The molecule has 1 atom stereocenters. The van der Waals surface area contributed by atoms with Gasteiger partial charge in [0.1, 0.15) is 5.82 Å². The quantitative estimate of drug-likeness (QED) is 0.717. The summed E-state index contributed by atoms with van der Waals surface area (Å²) in [5.74, 6) is 0.187. The van der Waals surface area contributed by atoms with E-state index in [9.17, 15) is 4.39 Å². The summed E-state index contributed by atoms with van der Waals surface area (Å²) >= 11 is 0. The monoisotopic (exact) mass is 253 g/mol. The van der Waals surface area contributed by atoms with Crippen molar-refractivity contribution in [2.75, 3.05) is 20.3 Å². The SMILES string of the molecule is COCCCC(CNC(C)C)c1cccc(F)c1. The third-order valence-electron chi connectivity index (χ3n) is 2.99. The zero-order valence-corrected chi connectivity index (χ0v) is 11.6. The Morgan fingerprint density at radius 3 is 2.72 bits per heavy atom. The molecule has 0 radical (unpaired) electrons. The van der Waals surface area contributed by atoms with Crippen LogP contribution in [0.2, 0.25) is 0 Å². The number of rotatable bonds is 8. The van der Waals surface area contributed by atoms with E-state index in [2.05, 4.69) is 19.2 Å². The molecule has 1 unspecified atom stereocenters. The van der Waals surface area contributed by atoms with Gasteiger partial charge in [-0.15, -0.1) is 0 Å². The summed E-state index contributed by atoms with van der Waals surface area (Å²) in [6.07, 6.45) is 2.01. The molecule has 0 fully saturated rings. The van der Waals surface area contributed by atoms with E-state index < -0.39 is 0 Å². The van der Waals surface area contributed by atoms with Crippen molar-refractivity contribution in [3.8, 4) is 0 Å². The Labute approximate surface area is 110 Å². The van der Waals surface area contributed by atoms with Crippen LogP contribution in [0.4, 0.5) is 4.39 Å². The molecular formula is C15H24FNO. The zero-order valence-electron chi connectivity index (χ0n) is 11.6. The fourth-order valence-electron chi connectivity index (χ4n) is 2.00. The second-order valence-corrected chi connectivity index (χ2v) is 4.95. The summed E-state index contributed by atoms with van der Waals surface area (Å²) in [6, 6.07) is 7.36. The number of benzene rings is 1. The summed E-state index contributed by atoms with van der Waals surface area (Å²) < 4.78 is 18.4. The summed E-state index contributed by atoms with van der Waals surface area (Å²) in [5.41, 5.74) is 1.07. The fraction of sp³-hybridized carbons (Fsp3) is 0.600. The Bertz CT molecular complexity index is 341. The van der Waals surface area contributed by atoms with E-state index >= 15 is 0 Å². The lowest BCUT2D eigenvalue weighted by molar-refractivity contribution is 0.190. The number of methoxy groups -OCH3 is 1. The van der Waals surface area contributed by atoms with Crippen LogP contribution in [0.3, 0.4) is 0 Å². The van der Waals surface area contributed by atoms with Crippen molar-refractivity contribution in [1.29, 1.82) is 0 Å². The lowest BCUT2D eigenvalue weighted by Crippen LogP contribution is -2.28. The molecule has 0 saturated carbocycles. The van der Waals surface area contributed by atoms with Gasteiger partial charge in [-0.05, 0) is 36.5 Å².